The van der Waals surface area contributed by atoms with E-state index in [0.717, 1.165) is 27.8 Å². The minimum absolute atomic E-state index is 0.115. The second-order valence-corrected chi connectivity index (χ2v) is 9.42. The fraction of sp³-hybridized carbons (Fsp3) is 0.103. The van der Waals surface area contributed by atoms with Crippen LogP contribution in [0.1, 0.15) is 27.8 Å². The molecule has 4 aromatic carbocycles. The van der Waals surface area contributed by atoms with Gasteiger partial charge in [-0.2, -0.15) is 0 Å². The Kier molecular flexibility index (Phi) is 8.11. The van der Waals surface area contributed by atoms with Crippen molar-refractivity contribution >= 4 is 20.0 Å². The summed E-state index contributed by atoms with van der Waals surface area (Å²) in [6, 6.07) is 34.9. The Balaban J connectivity index is 1.50. The highest BCUT2D eigenvalue weighted by Gasteiger charge is 2.29. The molecule has 0 heterocycles. The molecule has 0 amide bonds. The van der Waals surface area contributed by atoms with Gasteiger partial charge in [-0.1, -0.05) is 109 Å². The molecule has 0 aromatic heterocycles. The van der Waals surface area contributed by atoms with Crippen molar-refractivity contribution in [1.29, 1.82) is 0 Å². The maximum Gasteiger partial charge on any atom is 0.530 e. The van der Waals surface area contributed by atoms with E-state index in [2.05, 4.69) is 0 Å². The van der Waals surface area contributed by atoms with Crippen molar-refractivity contribution < 1.29 is 18.1 Å². The lowest BCUT2D eigenvalue weighted by molar-refractivity contribution is 0.143. The van der Waals surface area contributed by atoms with Gasteiger partial charge in [0.1, 0.15) is 5.75 Å². The van der Waals surface area contributed by atoms with Gasteiger partial charge in [0.2, 0.25) is 0 Å². The molecular formula is C29H27O4P. The average molecular weight is 471 g/mol. The van der Waals surface area contributed by atoms with Gasteiger partial charge in [-0.25, -0.2) is 4.57 Å². The van der Waals surface area contributed by atoms with Crippen LogP contribution in [0.5, 0.6) is 5.75 Å². The SMILES string of the molecule is Cc1cc(/C=C/c2ccccc2)ccc1OP(=O)(OCc1ccccc1)OCc1ccccc1. The van der Waals surface area contributed by atoms with E-state index in [4.69, 9.17) is 13.6 Å². The van der Waals surface area contributed by atoms with Gasteiger partial charge in [-0.05, 0) is 46.9 Å². The normalized spacial score (nSPS) is 11.6. The fourth-order valence-electron chi connectivity index (χ4n) is 3.30. The predicted octanol–water partition coefficient (Wildman–Crippen LogP) is 8.09. The lowest BCUT2D eigenvalue weighted by Crippen LogP contribution is -2.04. The molecule has 0 aliphatic carbocycles. The summed E-state index contributed by atoms with van der Waals surface area (Å²) in [6.45, 7) is 2.14. The molecule has 0 atom stereocenters. The Morgan fingerprint density at radius 1 is 0.647 bits per heavy atom. The quantitative estimate of drug-likeness (QED) is 0.174. The number of benzene rings is 4. The van der Waals surface area contributed by atoms with Gasteiger partial charge in [-0.3, -0.25) is 9.05 Å². The van der Waals surface area contributed by atoms with E-state index in [-0.39, 0.29) is 13.2 Å². The molecule has 5 heteroatoms. The van der Waals surface area contributed by atoms with Crippen molar-refractivity contribution in [3.05, 3.63) is 137 Å². The van der Waals surface area contributed by atoms with Gasteiger partial charge in [0.25, 0.3) is 0 Å². The molecular weight excluding hydrogens is 443 g/mol. The molecule has 4 nitrogen and oxygen atoms in total. The standard InChI is InChI=1S/C29H27O4P/c1-24-21-26(18-17-25-11-5-2-6-12-25)19-20-29(24)33-34(30,31-22-27-13-7-3-8-14-27)32-23-28-15-9-4-10-16-28/h2-21H,22-23H2,1H3/b18-17+. The molecule has 4 rings (SSSR count). The minimum atomic E-state index is -3.90. The molecule has 0 saturated heterocycles. The fourth-order valence-corrected chi connectivity index (χ4v) is 4.54. The Morgan fingerprint density at radius 2 is 1.15 bits per heavy atom. The third kappa shape index (κ3) is 7.03. The van der Waals surface area contributed by atoms with Crippen LogP contribution in [0.3, 0.4) is 0 Å². The highest BCUT2D eigenvalue weighted by molar-refractivity contribution is 7.48. The number of hydrogen-bond donors (Lipinski definition) is 0. The minimum Gasteiger partial charge on any atom is -0.404 e. The summed E-state index contributed by atoms with van der Waals surface area (Å²) in [5.74, 6) is 0.460. The van der Waals surface area contributed by atoms with Crippen LogP contribution in [0.4, 0.5) is 0 Å². The van der Waals surface area contributed by atoms with Crippen molar-refractivity contribution in [2.75, 3.05) is 0 Å². The van der Waals surface area contributed by atoms with Gasteiger partial charge < -0.3 is 4.52 Å². The lowest BCUT2D eigenvalue weighted by atomic mass is 10.1. The first kappa shape index (κ1) is 23.7. The summed E-state index contributed by atoms with van der Waals surface area (Å²) >= 11 is 0. The van der Waals surface area contributed by atoms with E-state index in [1.54, 1.807) is 6.07 Å². The molecule has 0 bridgehead atoms. The third-order valence-electron chi connectivity index (χ3n) is 5.14. The first-order valence-corrected chi connectivity index (χ1v) is 12.6. The van der Waals surface area contributed by atoms with Crippen molar-refractivity contribution in [2.45, 2.75) is 20.1 Å². The van der Waals surface area contributed by atoms with Crippen molar-refractivity contribution in [2.24, 2.45) is 0 Å². The van der Waals surface area contributed by atoms with Crippen molar-refractivity contribution in [3.63, 3.8) is 0 Å². The highest BCUT2D eigenvalue weighted by atomic mass is 31.2. The molecule has 4 aromatic rings. The lowest BCUT2D eigenvalue weighted by Gasteiger charge is -2.20. The smallest absolute Gasteiger partial charge is 0.404 e. The predicted molar refractivity (Wildman–Crippen MR) is 137 cm³/mol. The molecule has 0 saturated carbocycles. The van der Waals surface area contributed by atoms with Gasteiger partial charge >= 0.3 is 7.82 Å². The van der Waals surface area contributed by atoms with Crippen LogP contribution < -0.4 is 4.52 Å². The summed E-state index contributed by atoms with van der Waals surface area (Å²) in [5, 5.41) is 0. The second kappa shape index (κ2) is 11.6. The maximum absolute atomic E-state index is 13.6. The van der Waals surface area contributed by atoms with Crippen LogP contribution in [-0.4, -0.2) is 0 Å². The summed E-state index contributed by atoms with van der Waals surface area (Å²) in [7, 11) is -3.90. The molecule has 34 heavy (non-hydrogen) atoms. The van der Waals surface area contributed by atoms with E-state index in [1.807, 2.05) is 122 Å². The zero-order valence-electron chi connectivity index (χ0n) is 19.0. The number of aryl methyl sites for hydroxylation is 1. The van der Waals surface area contributed by atoms with E-state index in [0.29, 0.717) is 5.75 Å². The Labute approximate surface area is 201 Å². The second-order valence-electron chi connectivity index (χ2n) is 7.83. The Morgan fingerprint density at radius 3 is 1.68 bits per heavy atom. The molecule has 0 fully saturated rings. The highest BCUT2D eigenvalue weighted by Crippen LogP contribution is 2.51. The first-order chi connectivity index (χ1) is 16.6. The molecule has 0 N–H and O–H groups in total. The number of hydrogen-bond acceptors (Lipinski definition) is 4. The van der Waals surface area contributed by atoms with E-state index < -0.39 is 7.82 Å². The Bertz CT molecular complexity index is 1210. The maximum atomic E-state index is 13.6. The summed E-state index contributed by atoms with van der Waals surface area (Å²) < 4.78 is 30.9. The van der Waals surface area contributed by atoms with E-state index in [9.17, 15) is 4.57 Å². The topological polar surface area (TPSA) is 44.8 Å². The summed E-state index contributed by atoms with van der Waals surface area (Å²) in [6.07, 6.45) is 4.08. The number of rotatable bonds is 10. The molecule has 172 valence electrons. The third-order valence-corrected chi connectivity index (χ3v) is 6.45. The van der Waals surface area contributed by atoms with Crippen LogP contribution in [0.2, 0.25) is 0 Å². The van der Waals surface area contributed by atoms with Crippen LogP contribution in [0, 0.1) is 6.92 Å². The van der Waals surface area contributed by atoms with Crippen molar-refractivity contribution in [3.8, 4) is 5.75 Å². The first-order valence-electron chi connectivity index (χ1n) is 11.1. The van der Waals surface area contributed by atoms with Gasteiger partial charge in [-0.15, -0.1) is 0 Å². The number of phosphoric acid groups is 1. The Hall–Kier alpha value is -3.43. The van der Waals surface area contributed by atoms with Crippen LogP contribution in [0.15, 0.2) is 109 Å². The summed E-state index contributed by atoms with van der Waals surface area (Å²) in [4.78, 5) is 0. The number of phosphoric ester groups is 1. The van der Waals surface area contributed by atoms with Gasteiger partial charge in [0, 0.05) is 0 Å². The zero-order chi connectivity index (χ0) is 23.6. The molecule has 0 aliphatic heterocycles. The summed E-state index contributed by atoms with van der Waals surface area (Å²) in [5.41, 5.74) is 4.73. The molecule has 0 radical (unpaired) electrons. The van der Waals surface area contributed by atoms with E-state index >= 15 is 0 Å². The van der Waals surface area contributed by atoms with Gasteiger partial charge in [0.05, 0.1) is 13.2 Å². The van der Waals surface area contributed by atoms with Crippen LogP contribution in [0.25, 0.3) is 12.2 Å². The van der Waals surface area contributed by atoms with Crippen LogP contribution in [-0.2, 0) is 26.8 Å². The average Bonchev–Trinajstić information content (AvgIpc) is 2.89. The largest absolute Gasteiger partial charge is 0.530 e. The monoisotopic (exact) mass is 470 g/mol. The van der Waals surface area contributed by atoms with Gasteiger partial charge in [0.15, 0.2) is 0 Å². The molecule has 0 aliphatic rings. The zero-order valence-corrected chi connectivity index (χ0v) is 19.9. The molecule has 0 spiro atoms. The van der Waals surface area contributed by atoms with Crippen molar-refractivity contribution in [1.82, 2.24) is 0 Å². The molecule has 0 unspecified atom stereocenters. The van der Waals surface area contributed by atoms with E-state index in [1.165, 1.54) is 0 Å². The van der Waals surface area contributed by atoms with Crippen LogP contribution >= 0.6 is 7.82 Å².